The molecule has 0 aromatic rings. The summed E-state index contributed by atoms with van der Waals surface area (Å²) in [5.41, 5.74) is 0.677. The molecule has 4 saturated carbocycles. The molecule has 0 spiro atoms. The van der Waals surface area contributed by atoms with E-state index in [2.05, 4.69) is 13.8 Å². The van der Waals surface area contributed by atoms with Gasteiger partial charge in [0.1, 0.15) is 0 Å². The number of β-amino-alcohol motifs (C(OH)–C–C–N with tert-alkyl or cyclic N) is 1. The van der Waals surface area contributed by atoms with Crippen molar-refractivity contribution in [2.45, 2.75) is 71.3 Å². The zero-order valence-corrected chi connectivity index (χ0v) is 13.5. The fourth-order valence-corrected chi connectivity index (χ4v) is 7.16. The van der Waals surface area contributed by atoms with Gasteiger partial charge in [0.2, 0.25) is 5.91 Å². The van der Waals surface area contributed by atoms with Crippen LogP contribution in [0.2, 0.25) is 0 Å². The molecule has 4 aliphatic carbocycles. The molecule has 3 nitrogen and oxygen atoms in total. The first-order valence-corrected chi connectivity index (χ1v) is 8.79. The highest BCUT2D eigenvalue weighted by Gasteiger charge is 2.63. The summed E-state index contributed by atoms with van der Waals surface area (Å²) in [5, 5.41) is 9.92. The second-order valence-corrected chi connectivity index (χ2v) is 9.46. The molecule has 0 aromatic heterocycles. The maximum absolute atomic E-state index is 13.3. The van der Waals surface area contributed by atoms with Gasteiger partial charge in [-0.05, 0) is 68.1 Å². The number of carbonyl (C=O) groups excluding carboxylic acids is 1. The number of rotatable bonds is 1. The monoisotopic (exact) mass is 291 g/mol. The predicted molar refractivity (Wildman–Crippen MR) is 81.7 cm³/mol. The Morgan fingerprint density at radius 1 is 1.10 bits per heavy atom. The number of hydrogen-bond acceptors (Lipinski definition) is 2. The molecule has 1 N–H and O–H groups in total. The zero-order valence-electron chi connectivity index (χ0n) is 13.5. The Kier molecular flexibility index (Phi) is 2.84. The van der Waals surface area contributed by atoms with Crippen LogP contribution in [-0.2, 0) is 4.79 Å². The van der Waals surface area contributed by atoms with Crippen molar-refractivity contribution >= 4 is 5.91 Å². The summed E-state index contributed by atoms with van der Waals surface area (Å²) >= 11 is 0. The van der Waals surface area contributed by atoms with Gasteiger partial charge in [-0.3, -0.25) is 4.79 Å². The highest BCUT2D eigenvalue weighted by atomic mass is 16.3. The van der Waals surface area contributed by atoms with Crippen molar-refractivity contribution in [2.24, 2.45) is 22.2 Å². The third-order valence-electron chi connectivity index (χ3n) is 6.76. The van der Waals surface area contributed by atoms with Crippen molar-refractivity contribution in [2.75, 3.05) is 13.1 Å². The lowest BCUT2D eigenvalue weighted by atomic mass is 9.40. The predicted octanol–water partition coefficient (Wildman–Crippen LogP) is 2.97. The van der Waals surface area contributed by atoms with E-state index in [0.717, 1.165) is 44.6 Å². The van der Waals surface area contributed by atoms with Crippen molar-refractivity contribution in [1.82, 2.24) is 4.90 Å². The van der Waals surface area contributed by atoms with Crippen molar-refractivity contribution in [1.29, 1.82) is 0 Å². The quantitative estimate of drug-likeness (QED) is 0.807. The van der Waals surface area contributed by atoms with E-state index in [9.17, 15) is 9.90 Å². The standard InChI is InChI=1S/C18H29NO2/c1-16-6-13-7-17(2,10-16)12-18(8-13,11-16)15(21)19-5-3-4-14(20)9-19/h13-14,20H,3-12H2,1-2H3/t13?,14-,16?,17?,18?/m0/s1. The second-order valence-electron chi connectivity index (χ2n) is 9.46. The maximum Gasteiger partial charge on any atom is 0.228 e. The first kappa shape index (κ1) is 14.0. The van der Waals surface area contributed by atoms with Crippen LogP contribution in [0.4, 0.5) is 0 Å². The summed E-state index contributed by atoms with van der Waals surface area (Å²) in [7, 11) is 0. The number of likely N-dealkylation sites (tertiary alicyclic amines) is 1. The van der Waals surface area contributed by atoms with Crippen LogP contribution in [0, 0.1) is 22.2 Å². The molecule has 3 heteroatoms. The summed E-state index contributed by atoms with van der Waals surface area (Å²) in [6.45, 7) is 6.26. The molecule has 2 unspecified atom stereocenters. The number of piperidine rings is 1. The Labute approximate surface area is 128 Å². The van der Waals surface area contributed by atoms with Crippen molar-refractivity contribution < 1.29 is 9.90 Å². The van der Waals surface area contributed by atoms with Crippen LogP contribution in [0.5, 0.6) is 0 Å². The molecule has 1 saturated heterocycles. The van der Waals surface area contributed by atoms with Gasteiger partial charge in [0.15, 0.2) is 0 Å². The van der Waals surface area contributed by atoms with Gasteiger partial charge in [-0.1, -0.05) is 13.8 Å². The normalized spacial score (nSPS) is 52.2. The van der Waals surface area contributed by atoms with E-state index in [1.807, 2.05) is 4.90 Å². The van der Waals surface area contributed by atoms with Crippen LogP contribution in [0.15, 0.2) is 0 Å². The molecule has 3 atom stereocenters. The van der Waals surface area contributed by atoms with E-state index < -0.39 is 0 Å². The average molecular weight is 291 g/mol. The number of nitrogens with zero attached hydrogens (tertiary/aromatic N) is 1. The van der Waals surface area contributed by atoms with Gasteiger partial charge in [-0.15, -0.1) is 0 Å². The average Bonchev–Trinajstić information content (AvgIpc) is 2.33. The molecule has 5 fully saturated rings. The lowest BCUT2D eigenvalue weighted by Crippen LogP contribution is -2.61. The molecule has 5 rings (SSSR count). The summed E-state index contributed by atoms with van der Waals surface area (Å²) in [6, 6.07) is 0. The second kappa shape index (κ2) is 4.24. The van der Waals surface area contributed by atoms with Gasteiger partial charge in [-0.2, -0.15) is 0 Å². The van der Waals surface area contributed by atoms with E-state index in [4.69, 9.17) is 0 Å². The minimum atomic E-state index is -0.303. The minimum Gasteiger partial charge on any atom is -0.391 e. The summed E-state index contributed by atoms with van der Waals surface area (Å²) in [6.07, 6.45) is 8.80. The van der Waals surface area contributed by atoms with Crippen LogP contribution >= 0.6 is 0 Å². The molecule has 4 bridgehead atoms. The van der Waals surface area contributed by atoms with Crippen LogP contribution in [0.1, 0.15) is 65.2 Å². The highest BCUT2D eigenvalue weighted by Crippen LogP contribution is 2.69. The minimum absolute atomic E-state index is 0.0972. The number of hydrogen-bond donors (Lipinski definition) is 1. The molecule has 0 radical (unpaired) electrons. The summed E-state index contributed by atoms with van der Waals surface area (Å²) < 4.78 is 0. The number of aliphatic hydroxyl groups is 1. The van der Waals surface area contributed by atoms with Gasteiger partial charge in [0, 0.05) is 13.1 Å². The van der Waals surface area contributed by atoms with E-state index in [0.29, 0.717) is 23.3 Å². The lowest BCUT2D eigenvalue weighted by molar-refractivity contribution is -0.181. The lowest BCUT2D eigenvalue weighted by Gasteiger charge is -2.65. The van der Waals surface area contributed by atoms with E-state index in [-0.39, 0.29) is 11.5 Å². The van der Waals surface area contributed by atoms with Gasteiger partial charge in [0.05, 0.1) is 11.5 Å². The van der Waals surface area contributed by atoms with Crippen LogP contribution < -0.4 is 0 Å². The van der Waals surface area contributed by atoms with E-state index >= 15 is 0 Å². The van der Waals surface area contributed by atoms with Gasteiger partial charge >= 0.3 is 0 Å². The van der Waals surface area contributed by atoms with Crippen LogP contribution in [-0.4, -0.2) is 35.1 Å². The molecule has 0 aromatic carbocycles. The van der Waals surface area contributed by atoms with Crippen LogP contribution in [0.3, 0.4) is 0 Å². The highest BCUT2D eigenvalue weighted by molar-refractivity contribution is 5.83. The largest absolute Gasteiger partial charge is 0.391 e. The molecule has 118 valence electrons. The summed E-state index contributed by atoms with van der Waals surface area (Å²) in [5.74, 6) is 1.14. The Balaban J connectivity index is 1.63. The molecule has 1 aliphatic heterocycles. The fourth-order valence-electron chi connectivity index (χ4n) is 7.16. The van der Waals surface area contributed by atoms with Gasteiger partial charge in [-0.25, -0.2) is 0 Å². The number of amides is 1. The van der Waals surface area contributed by atoms with Crippen molar-refractivity contribution in [3.63, 3.8) is 0 Å². The molecule has 1 heterocycles. The third kappa shape index (κ3) is 2.15. The van der Waals surface area contributed by atoms with Crippen molar-refractivity contribution in [3.8, 4) is 0 Å². The van der Waals surface area contributed by atoms with E-state index in [1.165, 1.54) is 19.3 Å². The van der Waals surface area contributed by atoms with Gasteiger partial charge < -0.3 is 10.0 Å². The first-order chi connectivity index (χ1) is 9.82. The number of carbonyl (C=O) groups is 1. The Hall–Kier alpha value is -0.570. The molecular formula is C18H29NO2. The molecule has 1 amide bonds. The zero-order chi connectivity index (χ0) is 14.9. The maximum atomic E-state index is 13.3. The van der Waals surface area contributed by atoms with Crippen LogP contribution in [0.25, 0.3) is 0 Å². The Morgan fingerprint density at radius 2 is 1.76 bits per heavy atom. The number of aliphatic hydroxyl groups excluding tert-OH is 1. The van der Waals surface area contributed by atoms with E-state index in [1.54, 1.807) is 0 Å². The first-order valence-electron chi connectivity index (χ1n) is 8.79. The Bertz CT molecular complexity index is 456. The van der Waals surface area contributed by atoms with Crippen molar-refractivity contribution in [3.05, 3.63) is 0 Å². The topological polar surface area (TPSA) is 40.5 Å². The SMILES string of the molecule is CC12CC3CC(C)(C1)CC(C(=O)N1CCC[C@H](O)C1)(C3)C2. The third-order valence-corrected chi connectivity index (χ3v) is 6.76. The summed E-state index contributed by atoms with van der Waals surface area (Å²) in [4.78, 5) is 15.3. The smallest absolute Gasteiger partial charge is 0.228 e. The Morgan fingerprint density at radius 3 is 2.33 bits per heavy atom. The molecular weight excluding hydrogens is 262 g/mol. The molecule has 5 aliphatic rings. The fraction of sp³-hybridized carbons (Fsp3) is 0.944. The molecule has 21 heavy (non-hydrogen) atoms. The van der Waals surface area contributed by atoms with Gasteiger partial charge in [0.25, 0.3) is 0 Å².